The summed E-state index contributed by atoms with van der Waals surface area (Å²) in [6.07, 6.45) is -1.75. The molecule has 0 aliphatic heterocycles. The van der Waals surface area contributed by atoms with E-state index >= 15 is 0 Å². The Bertz CT molecular complexity index is 1200. The molecule has 1 aromatic carbocycles. The summed E-state index contributed by atoms with van der Waals surface area (Å²) in [5.74, 6) is 0. The highest BCUT2D eigenvalue weighted by atomic mass is 32.2. The number of rotatable bonds is 6. The lowest BCUT2D eigenvalue weighted by atomic mass is 10.1. The molecule has 2 N–H and O–H groups in total. The van der Waals surface area contributed by atoms with Crippen LogP contribution in [0.15, 0.2) is 24.3 Å². The smallest absolute Gasteiger partial charge is 0.215 e. The molecular formula is C14H21N3O2S. The fraction of sp³-hybridized carbons (Fsp3) is 0.429. The summed E-state index contributed by atoms with van der Waals surface area (Å²) in [5, 5.41) is -0.504. The molecule has 20 heavy (non-hydrogen) atoms. The summed E-state index contributed by atoms with van der Waals surface area (Å²) in [6.45, 7) is -10.0. The number of likely N-dealkylation sites (N-methyl/N-ethyl adjacent to an activating group) is 1. The maximum Gasteiger partial charge on any atom is 0.215 e. The van der Waals surface area contributed by atoms with Gasteiger partial charge < -0.3 is 9.88 Å². The van der Waals surface area contributed by atoms with E-state index in [1.54, 1.807) is 4.72 Å². The average molecular weight is 309 g/mol. The van der Waals surface area contributed by atoms with E-state index in [1.807, 2.05) is 0 Å². The van der Waals surface area contributed by atoms with Crippen molar-refractivity contribution in [3.63, 3.8) is 0 Å². The molecule has 0 radical (unpaired) electrons. The second kappa shape index (κ2) is 5.95. The van der Waals surface area contributed by atoms with Crippen LogP contribution < -0.4 is 4.72 Å². The Morgan fingerprint density at radius 2 is 2.30 bits per heavy atom. The Labute approximate surface area is 139 Å². The largest absolute Gasteiger partial charge is 0.361 e. The Kier molecular flexibility index (Phi) is 1.52. The molecule has 0 aliphatic rings. The van der Waals surface area contributed by atoms with Crippen LogP contribution in [0.2, 0.25) is 0 Å². The Hall–Kier alpha value is -1.37. The Morgan fingerprint density at radius 1 is 1.50 bits per heavy atom. The molecule has 6 heteroatoms. The number of hydrogen-bond acceptors (Lipinski definition) is 3. The number of fused-ring (bicyclic) bond motifs is 1. The molecule has 5 nitrogen and oxygen atoms in total. The molecule has 0 unspecified atom stereocenters. The van der Waals surface area contributed by atoms with E-state index in [9.17, 15) is 8.42 Å². The number of nitrogens with zero attached hydrogens (tertiary/aromatic N) is 1. The van der Waals surface area contributed by atoms with E-state index in [0.717, 1.165) is 7.05 Å². The van der Waals surface area contributed by atoms with E-state index < -0.39 is 83.4 Å². The van der Waals surface area contributed by atoms with E-state index in [1.165, 1.54) is 0 Å². The van der Waals surface area contributed by atoms with Crippen molar-refractivity contribution >= 4 is 20.9 Å². The SMILES string of the molecule is [2H]c1[nH]c2c([2H])c([2H])c(C([2H])([2H])S(=O)(=O)NC)c([2H])c2c1CC([2H])([2H])N(C([2H])([2H])[2H])C([2H])([2H])[2H]. The normalized spacial score (nSPS) is 25.3. The van der Waals surface area contributed by atoms with Crippen LogP contribution in [0.5, 0.6) is 0 Å². The van der Waals surface area contributed by atoms with E-state index in [4.69, 9.17) is 19.2 Å². The summed E-state index contributed by atoms with van der Waals surface area (Å²) >= 11 is 0. The first-order chi connectivity index (χ1) is 15.0. The van der Waals surface area contributed by atoms with E-state index in [2.05, 4.69) is 4.98 Å². The lowest BCUT2D eigenvalue weighted by molar-refractivity contribution is 0.414. The maximum absolute atomic E-state index is 12.3. The third-order valence-corrected chi connectivity index (χ3v) is 3.38. The van der Waals surface area contributed by atoms with E-state index in [0.29, 0.717) is 0 Å². The van der Waals surface area contributed by atoms with Gasteiger partial charge in [-0.2, -0.15) is 0 Å². The fourth-order valence-corrected chi connectivity index (χ4v) is 1.93. The molecule has 0 bridgehead atoms. The lowest BCUT2D eigenvalue weighted by Gasteiger charge is -2.08. The van der Waals surface area contributed by atoms with Gasteiger partial charge in [-0.15, -0.1) is 0 Å². The van der Waals surface area contributed by atoms with Crippen LogP contribution in [-0.2, 0) is 22.1 Å². The zero-order valence-electron chi connectivity index (χ0n) is 24.4. The van der Waals surface area contributed by atoms with Crippen LogP contribution in [0.3, 0.4) is 0 Å². The minimum absolute atomic E-state index is 0.360. The minimum Gasteiger partial charge on any atom is -0.361 e. The predicted molar refractivity (Wildman–Crippen MR) is 82.2 cm³/mol. The highest BCUT2D eigenvalue weighted by molar-refractivity contribution is 7.88. The van der Waals surface area contributed by atoms with Crippen LogP contribution in [0, 0.1) is 0 Å². The van der Waals surface area contributed by atoms with Gasteiger partial charge in [-0.25, -0.2) is 13.1 Å². The number of aromatic nitrogens is 1. The number of benzene rings is 1. The fourth-order valence-electron chi connectivity index (χ4n) is 1.45. The third kappa shape index (κ3) is 3.59. The molecule has 0 spiro atoms. The Morgan fingerprint density at radius 3 is 3.00 bits per heavy atom. The van der Waals surface area contributed by atoms with Gasteiger partial charge in [0.2, 0.25) is 10.0 Å². The topological polar surface area (TPSA) is 65.2 Å². The van der Waals surface area contributed by atoms with E-state index in [-0.39, 0.29) is 10.4 Å². The van der Waals surface area contributed by atoms with Crippen LogP contribution in [0.1, 0.15) is 30.3 Å². The Balaban J connectivity index is 2.90. The predicted octanol–water partition coefficient (Wildman–Crippen LogP) is 1.32. The second-order valence-corrected chi connectivity index (χ2v) is 5.33. The number of hydrogen-bond donors (Lipinski definition) is 2. The molecule has 0 saturated carbocycles. The molecular weight excluding hydrogens is 274 g/mol. The number of aryl methyl sites for hydroxylation is 1. The molecule has 2 rings (SSSR count). The van der Waals surface area contributed by atoms with Gasteiger partial charge in [0.05, 0.1) is 11.2 Å². The molecule has 0 saturated heterocycles. The quantitative estimate of drug-likeness (QED) is 0.846. The van der Waals surface area contributed by atoms with Crippen molar-refractivity contribution in [1.82, 2.24) is 14.6 Å². The van der Waals surface area contributed by atoms with Gasteiger partial charge in [-0.1, -0.05) is 6.04 Å². The van der Waals surface area contributed by atoms with Gasteiger partial charge in [0.25, 0.3) is 0 Å². The van der Waals surface area contributed by atoms with Gasteiger partial charge in [0.15, 0.2) is 0 Å². The van der Waals surface area contributed by atoms with Crippen LogP contribution in [0.25, 0.3) is 10.9 Å². The molecule has 2 aromatic rings. The number of aromatic amines is 1. The van der Waals surface area contributed by atoms with Gasteiger partial charge in [-0.3, -0.25) is 0 Å². The monoisotopic (exact) mass is 309 g/mol. The first-order valence-electron chi connectivity index (χ1n) is 12.4. The van der Waals surface area contributed by atoms with Gasteiger partial charge in [0.1, 0.15) is 0 Å². The molecule has 1 heterocycles. The summed E-state index contributed by atoms with van der Waals surface area (Å²) in [5.41, 5.74) is -5.32. The maximum atomic E-state index is 12.3. The number of nitrogens with one attached hydrogen (secondary N) is 2. The molecule has 0 aliphatic carbocycles. The summed E-state index contributed by atoms with van der Waals surface area (Å²) in [6, 6.07) is -2.71. The molecule has 1 aromatic heterocycles. The van der Waals surface area contributed by atoms with Crippen molar-refractivity contribution in [2.24, 2.45) is 0 Å². The van der Waals surface area contributed by atoms with Gasteiger partial charge >= 0.3 is 0 Å². The average Bonchev–Trinajstić information content (AvgIpc) is 2.92. The van der Waals surface area contributed by atoms with Crippen LogP contribution in [-0.4, -0.2) is 45.8 Å². The highest BCUT2D eigenvalue weighted by Gasteiger charge is 2.11. The molecule has 0 atom stereocenters. The molecule has 0 fully saturated rings. The summed E-state index contributed by atoms with van der Waals surface area (Å²) in [7, 11) is -3.90. The van der Waals surface area contributed by atoms with Gasteiger partial charge in [0, 0.05) is 37.3 Å². The van der Waals surface area contributed by atoms with Crippen molar-refractivity contribution in [1.29, 1.82) is 0 Å². The van der Waals surface area contributed by atoms with Crippen molar-refractivity contribution in [2.45, 2.75) is 12.1 Å². The van der Waals surface area contributed by atoms with Crippen LogP contribution in [0.4, 0.5) is 0 Å². The molecule has 110 valence electrons. The van der Waals surface area contributed by atoms with Gasteiger partial charge in [-0.05, 0) is 50.6 Å². The first-order valence-corrected chi connectivity index (χ1v) is 6.85. The first kappa shape index (κ1) is 5.12. The van der Waals surface area contributed by atoms with Crippen LogP contribution >= 0.6 is 0 Å². The highest BCUT2D eigenvalue weighted by Crippen LogP contribution is 2.21. The summed E-state index contributed by atoms with van der Waals surface area (Å²) < 4.78 is 136. The van der Waals surface area contributed by atoms with Crippen molar-refractivity contribution in [3.05, 3.63) is 35.4 Å². The lowest BCUT2D eigenvalue weighted by Crippen LogP contribution is -2.20. The number of H-pyrrole nitrogens is 1. The van der Waals surface area contributed by atoms with Crippen molar-refractivity contribution in [3.8, 4) is 0 Å². The number of sulfonamides is 1. The standard InChI is InChI=1S/C14H21N3O2S/c1-15-20(18,19)10-11-4-5-14-13(8-11)12(9-16-14)6-7-17(2)3/h4-5,8-9,15-16H,6-7,10H2,1-3H3/i2D3,3D3,4D,5D,7D2,8D,9D,10D2. The molecule has 0 amide bonds. The minimum atomic E-state index is -4.80. The third-order valence-electron chi connectivity index (χ3n) is 2.37. The zero-order chi connectivity index (χ0) is 26.8. The van der Waals surface area contributed by atoms with Crippen molar-refractivity contribution < 1.29 is 27.6 Å². The summed E-state index contributed by atoms with van der Waals surface area (Å²) in [4.78, 5) is 1.97. The second-order valence-electron chi connectivity index (χ2n) is 3.71. The zero-order valence-corrected chi connectivity index (χ0v) is 11.2. The van der Waals surface area contributed by atoms with Crippen molar-refractivity contribution in [2.75, 3.05) is 27.5 Å².